The van der Waals surface area contributed by atoms with Crippen LogP contribution in [0.5, 0.6) is 5.88 Å². The number of nitro benzene ring substituents is 1. The van der Waals surface area contributed by atoms with Crippen LogP contribution in [-0.4, -0.2) is 44.1 Å². The molecule has 0 spiro atoms. The van der Waals surface area contributed by atoms with Crippen molar-refractivity contribution < 1.29 is 9.66 Å². The van der Waals surface area contributed by atoms with E-state index in [1.807, 2.05) is 13.0 Å². The summed E-state index contributed by atoms with van der Waals surface area (Å²) in [6, 6.07) is 8.33. The Morgan fingerprint density at radius 3 is 2.72 bits per heavy atom. The summed E-state index contributed by atoms with van der Waals surface area (Å²) < 4.78 is 5.89. The van der Waals surface area contributed by atoms with Crippen LogP contribution in [0.2, 0.25) is 0 Å². The number of non-ortho nitro benzene ring substituents is 1. The average molecular weight is 392 g/mol. The highest BCUT2D eigenvalue weighted by molar-refractivity contribution is 5.61. The second-order valence-electron chi connectivity index (χ2n) is 6.85. The summed E-state index contributed by atoms with van der Waals surface area (Å²) in [6.45, 7) is 3.47. The SMILES string of the molecule is Cc1cc(N2CCC(Oc3cnccn3)CC2)nc(-c2cccc([N+](=O)[O-])c2)n1. The normalized spacial score (nSPS) is 14.6. The van der Waals surface area contributed by atoms with Gasteiger partial charge in [-0.1, -0.05) is 12.1 Å². The van der Waals surface area contributed by atoms with E-state index in [9.17, 15) is 10.1 Å². The van der Waals surface area contributed by atoms with Crippen molar-refractivity contribution in [3.05, 3.63) is 64.7 Å². The van der Waals surface area contributed by atoms with E-state index < -0.39 is 4.92 Å². The van der Waals surface area contributed by atoms with Crippen LogP contribution in [0.3, 0.4) is 0 Å². The molecule has 9 heteroatoms. The van der Waals surface area contributed by atoms with Gasteiger partial charge in [-0.25, -0.2) is 15.0 Å². The lowest BCUT2D eigenvalue weighted by atomic mass is 10.1. The molecule has 29 heavy (non-hydrogen) atoms. The van der Waals surface area contributed by atoms with Gasteiger partial charge >= 0.3 is 0 Å². The molecular weight excluding hydrogens is 372 g/mol. The highest BCUT2D eigenvalue weighted by Crippen LogP contribution is 2.26. The zero-order chi connectivity index (χ0) is 20.2. The maximum atomic E-state index is 11.1. The predicted octanol–water partition coefficient (Wildman–Crippen LogP) is 3.20. The van der Waals surface area contributed by atoms with E-state index in [2.05, 4.69) is 24.8 Å². The number of hydrogen-bond acceptors (Lipinski definition) is 8. The predicted molar refractivity (Wildman–Crippen MR) is 107 cm³/mol. The van der Waals surface area contributed by atoms with Crippen molar-refractivity contribution in [3.8, 4) is 17.3 Å². The number of piperidine rings is 1. The first-order valence-corrected chi connectivity index (χ1v) is 9.36. The van der Waals surface area contributed by atoms with Crippen molar-refractivity contribution in [3.63, 3.8) is 0 Å². The fraction of sp³-hybridized carbons (Fsp3) is 0.300. The van der Waals surface area contributed by atoms with Crippen LogP contribution >= 0.6 is 0 Å². The Bertz CT molecular complexity index is 1010. The van der Waals surface area contributed by atoms with Crippen LogP contribution in [0.1, 0.15) is 18.5 Å². The number of ether oxygens (including phenoxy) is 1. The Labute approximate surface area is 167 Å². The molecule has 148 valence electrons. The van der Waals surface area contributed by atoms with E-state index in [1.54, 1.807) is 30.7 Å². The minimum Gasteiger partial charge on any atom is -0.473 e. The zero-order valence-electron chi connectivity index (χ0n) is 15.9. The minimum atomic E-state index is -0.415. The van der Waals surface area contributed by atoms with Crippen LogP contribution in [0.25, 0.3) is 11.4 Å². The number of aryl methyl sites for hydroxylation is 1. The fourth-order valence-corrected chi connectivity index (χ4v) is 3.32. The van der Waals surface area contributed by atoms with Crippen molar-refractivity contribution in [1.29, 1.82) is 0 Å². The summed E-state index contributed by atoms with van der Waals surface area (Å²) in [4.78, 5) is 30.2. The van der Waals surface area contributed by atoms with Crippen LogP contribution in [0.4, 0.5) is 11.5 Å². The van der Waals surface area contributed by atoms with Gasteiger partial charge in [-0.05, 0) is 6.92 Å². The van der Waals surface area contributed by atoms with Gasteiger partial charge in [-0.15, -0.1) is 0 Å². The van der Waals surface area contributed by atoms with E-state index in [1.165, 1.54) is 12.1 Å². The topological polar surface area (TPSA) is 107 Å². The molecule has 1 fully saturated rings. The Morgan fingerprint density at radius 2 is 2.00 bits per heavy atom. The molecule has 1 aromatic carbocycles. The van der Waals surface area contributed by atoms with Crippen LogP contribution in [-0.2, 0) is 0 Å². The summed E-state index contributed by atoms with van der Waals surface area (Å²) in [5.41, 5.74) is 1.47. The molecule has 2 aromatic heterocycles. The largest absolute Gasteiger partial charge is 0.473 e. The van der Waals surface area contributed by atoms with Crippen molar-refractivity contribution in [2.24, 2.45) is 0 Å². The monoisotopic (exact) mass is 392 g/mol. The molecule has 1 saturated heterocycles. The molecule has 3 aromatic rings. The lowest BCUT2D eigenvalue weighted by molar-refractivity contribution is -0.384. The number of anilines is 1. The van der Waals surface area contributed by atoms with Gasteiger partial charge < -0.3 is 9.64 Å². The number of hydrogen-bond donors (Lipinski definition) is 0. The molecule has 0 bridgehead atoms. The molecule has 0 radical (unpaired) electrons. The van der Waals surface area contributed by atoms with Crippen molar-refractivity contribution >= 4 is 11.5 Å². The first-order valence-electron chi connectivity index (χ1n) is 9.36. The lowest BCUT2D eigenvalue weighted by Gasteiger charge is -2.32. The summed E-state index contributed by atoms with van der Waals surface area (Å²) in [5.74, 6) is 1.84. The molecule has 0 N–H and O–H groups in total. The van der Waals surface area contributed by atoms with Crippen LogP contribution in [0, 0.1) is 17.0 Å². The van der Waals surface area contributed by atoms with Crippen molar-refractivity contribution in [2.45, 2.75) is 25.9 Å². The van der Waals surface area contributed by atoms with E-state index in [-0.39, 0.29) is 11.8 Å². The van der Waals surface area contributed by atoms with Gasteiger partial charge in [-0.3, -0.25) is 15.1 Å². The molecule has 0 amide bonds. The number of nitro groups is 1. The molecule has 0 saturated carbocycles. The van der Waals surface area contributed by atoms with Crippen LogP contribution < -0.4 is 9.64 Å². The molecule has 4 rings (SSSR count). The first-order chi connectivity index (χ1) is 14.1. The molecule has 3 heterocycles. The molecule has 0 aliphatic carbocycles. The number of nitrogens with zero attached hydrogens (tertiary/aromatic N) is 6. The number of aromatic nitrogens is 4. The van der Waals surface area contributed by atoms with Crippen LogP contribution in [0.15, 0.2) is 48.9 Å². The summed E-state index contributed by atoms with van der Waals surface area (Å²) in [5, 5.41) is 11.1. The van der Waals surface area contributed by atoms with Gasteiger partial charge in [-0.2, -0.15) is 0 Å². The molecule has 0 atom stereocenters. The Kier molecular flexibility index (Phi) is 5.28. The van der Waals surface area contributed by atoms with Gasteiger partial charge in [0.25, 0.3) is 5.69 Å². The molecule has 0 unspecified atom stereocenters. The smallest absolute Gasteiger partial charge is 0.270 e. The van der Waals surface area contributed by atoms with Gasteiger partial charge in [0.05, 0.1) is 11.1 Å². The molecule has 1 aliphatic rings. The number of rotatable bonds is 5. The Hall–Kier alpha value is -3.62. The maximum Gasteiger partial charge on any atom is 0.270 e. The second-order valence-corrected chi connectivity index (χ2v) is 6.85. The first kappa shape index (κ1) is 18.7. The average Bonchev–Trinajstić information content (AvgIpc) is 2.75. The standard InChI is InChI=1S/C20H20N6O3/c1-14-11-18(24-20(23-14)15-3-2-4-16(12-15)26(27)28)25-9-5-17(6-10-25)29-19-13-21-7-8-22-19/h2-4,7-8,11-13,17H,5-6,9-10H2,1H3. The Balaban J connectivity index is 1.48. The summed E-state index contributed by atoms with van der Waals surface area (Å²) in [6.07, 6.45) is 6.61. The van der Waals surface area contributed by atoms with E-state index in [4.69, 9.17) is 4.74 Å². The van der Waals surface area contributed by atoms with Gasteiger partial charge in [0.2, 0.25) is 5.88 Å². The van der Waals surface area contributed by atoms with Crippen molar-refractivity contribution in [2.75, 3.05) is 18.0 Å². The lowest BCUT2D eigenvalue weighted by Crippen LogP contribution is -2.39. The quantitative estimate of drug-likeness (QED) is 0.481. The molecule has 1 aliphatic heterocycles. The molecule has 9 nitrogen and oxygen atoms in total. The third-order valence-corrected chi connectivity index (χ3v) is 4.75. The summed E-state index contributed by atoms with van der Waals surface area (Å²) >= 11 is 0. The van der Waals surface area contributed by atoms with Gasteiger partial charge in [0.15, 0.2) is 5.82 Å². The third-order valence-electron chi connectivity index (χ3n) is 4.75. The molecular formula is C20H20N6O3. The maximum absolute atomic E-state index is 11.1. The van der Waals surface area contributed by atoms with E-state index >= 15 is 0 Å². The van der Waals surface area contributed by atoms with Crippen molar-refractivity contribution in [1.82, 2.24) is 19.9 Å². The minimum absolute atomic E-state index is 0.0242. The highest BCUT2D eigenvalue weighted by Gasteiger charge is 2.23. The highest BCUT2D eigenvalue weighted by atomic mass is 16.6. The Morgan fingerprint density at radius 1 is 1.17 bits per heavy atom. The van der Waals surface area contributed by atoms with E-state index in [0.29, 0.717) is 17.3 Å². The fourth-order valence-electron chi connectivity index (χ4n) is 3.32. The second kappa shape index (κ2) is 8.17. The van der Waals surface area contributed by atoms with Gasteiger partial charge in [0.1, 0.15) is 11.9 Å². The van der Waals surface area contributed by atoms with Gasteiger partial charge in [0, 0.05) is 67.8 Å². The third kappa shape index (κ3) is 4.45. The zero-order valence-corrected chi connectivity index (χ0v) is 15.9. The summed E-state index contributed by atoms with van der Waals surface area (Å²) in [7, 11) is 0. The number of benzene rings is 1. The van der Waals surface area contributed by atoms with E-state index in [0.717, 1.165) is 37.4 Å².